The minimum atomic E-state index is -0.923. The summed E-state index contributed by atoms with van der Waals surface area (Å²) in [6.45, 7) is 0. The molecular weight excluding hydrogens is 459 g/mol. The number of carbonyl (C=O) groups is 1. The summed E-state index contributed by atoms with van der Waals surface area (Å²) in [5.74, 6) is -0.768. The van der Waals surface area contributed by atoms with Crippen molar-refractivity contribution in [3.05, 3.63) is 69.7 Å². The maximum absolute atomic E-state index is 14.7. The smallest absolute Gasteiger partial charge is 0.303 e. The fourth-order valence-corrected chi connectivity index (χ4v) is 4.21. The van der Waals surface area contributed by atoms with Crippen molar-refractivity contribution < 1.29 is 14.3 Å². The molecule has 2 aromatic carbocycles. The summed E-state index contributed by atoms with van der Waals surface area (Å²) in [6.07, 6.45) is 2.04. The van der Waals surface area contributed by atoms with Crippen LogP contribution in [0.3, 0.4) is 0 Å². The van der Waals surface area contributed by atoms with E-state index < -0.39 is 17.8 Å². The van der Waals surface area contributed by atoms with Gasteiger partial charge in [0.2, 0.25) is 0 Å². The lowest BCUT2D eigenvalue weighted by molar-refractivity contribution is -0.137. The number of aromatic nitrogens is 3. The molecule has 1 N–H and O–H groups in total. The van der Waals surface area contributed by atoms with Crippen LogP contribution in [-0.4, -0.2) is 37.8 Å². The van der Waals surface area contributed by atoms with Gasteiger partial charge >= 0.3 is 5.97 Å². The summed E-state index contributed by atoms with van der Waals surface area (Å²) in [5, 5.41) is 18.4. The second kappa shape index (κ2) is 8.08. The van der Waals surface area contributed by atoms with E-state index >= 15 is 0 Å². The average Bonchev–Trinajstić information content (AvgIpc) is 3.07. The Morgan fingerprint density at radius 3 is 2.76 bits per heavy atom. The van der Waals surface area contributed by atoms with Gasteiger partial charge in [-0.25, -0.2) is 4.39 Å². The molecule has 0 spiro atoms. The first-order valence-corrected chi connectivity index (χ1v) is 10.9. The van der Waals surface area contributed by atoms with E-state index in [1.807, 2.05) is 29.0 Å². The lowest BCUT2D eigenvalue weighted by atomic mass is 10.00. The predicted octanol–water partition coefficient (Wildman–Crippen LogP) is 4.65. The van der Waals surface area contributed by atoms with E-state index in [0.717, 1.165) is 15.7 Å². The van der Waals surface area contributed by atoms with Crippen molar-refractivity contribution in [3.8, 4) is 5.69 Å². The maximum atomic E-state index is 14.7. The summed E-state index contributed by atoms with van der Waals surface area (Å²) in [6, 6.07) is 11.6. The highest BCUT2D eigenvalue weighted by atomic mass is 79.9. The van der Waals surface area contributed by atoms with Gasteiger partial charge in [0.25, 0.3) is 0 Å². The zero-order chi connectivity index (χ0) is 20.5. The Balaban J connectivity index is 2.01. The van der Waals surface area contributed by atoms with Crippen molar-refractivity contribution >= 4 is 39.4 Å². The first-order chi connectivity index (χ1) is 14.0. The molecule has 0 saturated heterocycles. The summed E-state index contributed by atoms with van der Waals surface area (Å²) < 4.78 is 17.4. The lowest BCUT2D eigenvalue weighted by Gasteiger charge is -2.13. The Hall–Kier alpha value is -2.52. The number of benzene rings is 2. The van der Waals surface area contributed by atoms with Gasteiger partial charge in [0, 0.05) is 22.0 Å². The molecule has 0 fully saturated rings. The maximum Gasteiger partial charge on any atom is 0.303 e. The molecule has 2 heterocycles. The highest BCUT2D eigenvalue weighted by Gasteiger charge is 2.30. The van der Waals surface area contributed by atoms with E-state index in [0.29, 0.717) is 22.3 Å². The van der Waals surface area contributed by atoms with E-state index in [4.69, 9.17) is 4.99 Å². The summed E-state index contributed by atoms with van der Waals surface area (Å²) >= 11 is 4.92. The van der Waals surface area contributed by atoms with Gasteiger partial charge in [0.15, 0.2) is 11.0 Å². The molecule has 0 radical (unpaired) electrons. The second-order valence-corrected chi connectivity index (χ2v) is 8.14. The highest BCUT2D eigenvalue weighted by Crippen LogP contribution is 2.36. The van der Waals surface area contributed by atoms with Crippen molar-refractivity contribution in [2.75, 3.05) is 6.26 Å². The Bertz CT molecular complexity index is 1130. The van der Waals surface area contributed by atoms with E-state index in [-0.39, 0.29) is 12.8 Å². The van der Waals surface area contributed by atoms with Gasteiger partial charge in [-0.15, -0.1) is 10.2 Å². The van der Waals surface area contributed by atoms with Gasteiger partial charge in [0.1, 0.15) is 11.9 Å². The predicted molar refractivity (Wildman–Crippen MR) is 112 cm³/mol. The number of thioether (sulfide) groups is 1. The number of aliphatic imine (C=N–C) groups is 1. The van der Waals surface area contributed by atoms with Crippen molar-refractivity contribution in [3.63, 3.8) is 0 Å². The second-order valence-electron chi connectivity index (χ2n) is 6.45. The Labute approximate surface area is 179 Å². The molecule has 148 valence electrons. The lowest BCUT2D eigenvalue weighted by Crippen LogP contribution is -2.09. The molecule has 3 aromatic rings. The third kappa shape index (κ3) is 3.72. The molecule has 1 aliphatic rings. The topological polar surface area (TPSA) is 80.4 Å². The first kappa shape index (κ1) is 19.8. The van der Waals surface area contributed by atoms with Crippen LogP contribution in [0.4, 0.5) is 4.39 Å². The number of halogens is 2. The Morgan fingerprint density at radius 2 is 2.03 bits per heavy atom. The summed E-state index contributed by atoms with van der Waals surface area (Å²) in [5.41, 5.74) is 2.32. The number of aliphatic carboxylic acids is 1. The molecule has 1 aromatic heterocycles. The van der Waals surface area contributed by atoms with E-state index in [1.165, 1.54) is 17.8 Å². The first-order valence-electron chi connectivity index (χ1n) is 8.83. The summed E-state index contributed by atoms with van der Waals surface area (Å²) in [4.78, 5) is 16.0. The van der Waals surface area contributed by atoms with Gasteiger partial charge in [0.05, 0.1) is 11.4 Å². The number of rotatable bonds is 5. The normalized spacial score (nSPS) is 15.3. The molecule has 29 heavy (non-hydrogen) atoms. The third-order valence-corrected chi connectivity index (χ3v) is 5.76. The van der Waals surface area contributed by atoms with Gasteiger partial charge in [-0.2, -0.15) is 0 Å². The number of fused-ring (bicyclic) bond motifs is 3. The number of nitrogens with zero attached hydrogens (tertiary/aromatic N) is 4. The molecule has 0 saturated carbocycles. The third-order valence-electron chi connectivity index (χ3n) is 4.64. The van der Waals surface area contributed by atoms with Crippen molar-refractivity contribution in [2.24, 2.45) is 4.99 Å². The van der Waals surface area contributed by atoms with Crippen LogP contribution in [0.1, 0.15) is 35.8 Å². The SMILES string of the molecule is CSc1nnc2n1-c1ccc(Br)cc1C(c1ccccc1F)=N[C@H]2CCC(=O)O. The average molecular weight is 475 g/mol. The number of carboxylic acid groups (broad SMARTS) is 1. The molecular formula is C20H16BrFN4O2S. The van der Waals surface area contributed by atoms with Crippen molar-refractivity contribution in [1.29, 1.82) is 0 Å². The van der Waals surface area contributed by atoms with Crippen molar-refractivity contribution in [2.45, 2.75) is 24.0 Å². The highest BCUT2D eigenvalue weighted by molar-refractivity contribution is 9.10. The van der Waals surface area contributed by atoms with Gasteiger partial charge in [-0.05, 0) is 43.0 Å². The molecule has 1 atom stereocenters. The van der Waals surface area contributed by atoms with Gasteiger partial charge < -0.3 is 5.11 Å². The van der Waals surface area contributed by atoms with Crippen LogP contribution >= 0.6 is 27.7 Å². The monoisotopic (exact) mass is 474 g/mol. The largest absolute Gasteiger partial charge is 0.481 e. The van der Waals surface area contributed by atoms with Crippen LogP contribution in [0.25, 0.3) is 5.69 Å². The molecule has 0 bridgehead atoms. The van der Waals surface area contributed by atoms with Gasteiger partial charge in [-0.1, -0.05) is 39.8 Å². The number of carboxylic acids is 1. The van der Waals surface area contributed by atoms with E-state index in [2.05, 4.69) is 26.1 Å². The number of hydrogen-bond acceptors (Lipinski definition) is 5. The van der Waals surface area contributed by atoms with Crippen LogP contribution in [0, 0.1) is 5.82 Å². The molecule has 1 aliphatic heterocycles. The van der Waals surface area contributed by atoms with Crippen LogP contribution in [0.2, 0.25) is 0 Å². The standard InChI is InChI=1S/C20H16BrFN4O2S/c1-29-20-25-24-19-15(7-9-17(27)28)23-18(12-4-2-3-5-14(12)22)13-10-11(21)6-8-16(13)26(19)20/h2-6,8,10,15H,7,9H2,1H3,(H,27,28)/t15-/m0/s1. The van der Waals surface area contributed by atoms with Crippen LogP contribution in [-0.2, 0) is 4.79 Å². The fourth-order valence-electron chi connectivity index (χ4n) is 3.35. The molecule has 0 unspecified atom stereocenters. The Morgan fingerprint density at radius 1 is 1.24 bits per heavy atom. The molecule has 0 aliphatic carbocycles. The Kier molecular flexibility index (Phi) is 5.51. The van der Waals surface area contributed by atoms with Gasteiger partial charge in [-0.3, -0.25) is 14.4 Å². The van der Waals surface area contributed by atoms with Crippen molar-refractivity contribution in [1.82, 2.24) is 14.8 Å². The molecule has 9 heteroatoms. The molecule has 0 amide bonds. The summed E-state index contributed by atoms with van der Waals surface area (Å²) in [7, 11) is 0. The molecule has 6 nitrogen and oxygen atoms in total. The zero-order valence-electron chi connectivity index (χ0n) is 15.3. The molecule has 4 rings (SSSR count). The fraction of sp³-hybridized carbons (Fsp3) is 0.200. The van der Waals surface area contributed by atoms with E-state index in [1.54, 1.807) is 18.2 Å². The van der Waals surface area contributed by atoms with E-state index in [9.17, 15) is 14.3 Å². The number of hydrogen-bond donors (Lipinski definition) is 1. The van der Waals surface area contributed by atoms with Crippen LogP contribution < -0.4 is 0 Å². The zero-order valence-corrected chi connectivity index (χ0v) is 17.7. The van der Waals surface area contributed by atoms with Crippen LogP contribution in [0.15, 0.2) is 57.1 Å². The minimum absolute atomic E-state index is 0.0831. The minimum Gasteiger partial charge on any atom is -0.481 e. The quantitative estimate of drug-likeness (QED) is 0.544. The van der Waals surface area contributed by atoms with Crippen LogP contribution in [0.5, 0.6) is 0 Å².